The van der Waals surface area contributed by atoms with E-state index in [-0.39, 0.29) is 22.0 Å². The minimum Gasteiger partial charge on any atom is -0.507 e. The second-order valence-corrected chi connectivity index (χ2v) is 8.65. The molecule has 1 heterocycles. The van der Waals surface area contributed by atoms with Crippen molar-refractivity contribution in [3.63, 3.8) is 0 Å². The molecule has 1 aromatic rings. The highest BCUT2D eigenvalue weighted by Crippen LogP contribution is 2.40. The van der Waals surface area contributed by atoms with E-state index in [1.807, 2.05) is 18.2 Å². The predicted octanol–water partition coefficient (Wildman–Crippen LogP) is 4.28. The standard InChI is InChI=1S/C19H25NO2S/c1-18(2,3)13-8-11(7-12-15(23)10-20-17(12)22)9-14(16(13)21)19(4,5)6/h7-10,15,21,23H,1-6H3/b12-7-. The maximum absolute atomic E-state index is 11.9. The van der Waals surface area contributed by atoms with Crippen molar-refractivity contribution >= 4 is 30.8 Å². The van der Waals surface area contributed by atoms with E-state index in [2.05, 4.69) is 59.2 Å². The molecule has 0 aromatic heterocycles. The van der Waals surface area contributed by atoms with Crippen molar-refractivity contribution in [2.75, 3.05) is 0 Å². The third-order valence-electron chi connectivity index (χ3n) is 3.97. The van der Waals surface area contributed by atoms with Crippen molar-refractivity contribution in [2.24, 2.45) is 4.99 Å². The molecule has 1 amide bonds. The Morgan fingerprint density at radius 2 is 1.57 bits per heavy atom. The van der Waals surface area contributed by atoms with Crippen LogP contribution in [0.1, 0.15) is 58.2 Å². The normalized spacial score (nSPS) is 20.6. The van der Waals surface area contributed by atoms with Crippen LogP contribution < -0.4 is 0 Å². The van der Waals surface area contributed by atoms with Crippen LogP contribution >= 0.6 is 12.6 Å². The van der Waals surface area contributed by atoms with Crippen LogP contribution in [-0.2, 0) is 15.6 Å². The molecule has 2 rings (SSSR count). The summed E-state index contributed by atoms with van der Waals surface area (Å²) in [4.78, 5) is 15.7. The third kappa shape index (κ3) is 3.69. The molecule has 0 bridgehead atoms. The molecule has 1 aliphatic heterocycles. The van der Waals surface area contributed by atoms with Crippen LogP contribution in [0.5, 0.6) is 5.75 Å². The lowest BCUT2D eigenvalue weighted by molar-refractivity contribution is -0.113. The van der Waals surface area contributed by atoms with Gasteiger partial charge in [0.05, 0.1) is 5.25 Å². The number of carbonyl (C=O) groups excluding carboxylic acids is 1. The van der Waals surface area contributed by atoms with Crippen LogP contribution in [0.4, 0.5) is 0 Å². The van der Waals surface area contributed by atoms with E-state index in [9.17, 15) is 9.90 Å². The lowest BCUT2D eigenvalue weighted by Gasteiger charge is -2.28. The first-order chi connectivity index (χ1) is 10.4. The van der Waals surface area contributed by atoms with Crippen LogP contribution in [-0.4, -0.2) is 22.5 Å². The van der Waals surface area contributed by atoms with E-state index in [1.165, 1.54) is 0 Å². The van der Waals surface area contributed by atoms with E-state index in [1.54, 1.807) is 6.21 Å². The van der Waals surface area contributed by atoms with Crippen LogP contribution in [0.3, 0.4) is 0 Å². The van der Waals surface area contributed by atoms with Gasteiger partial charge < -0.3 is 5.11 Å². The SMILES string of the molecule is CC(C)(C)c1cc(/C=C2\C(=O)N=CC2S)cc(C(C)(C)C)c1O. The molecule has 0 radical (unpaired) electrons. The second-order valence-electron chi connectivity index (χ2n) is 8.09. The molecule has 1 aliphatic rings. The predicted molar refractivity (Wildman–Crippen MR) is 99.8 cm³/mol. The molecule has 23 heavy (non-hydrogen) atoms. The maximum atomic E-state index is 11.9. The van der Waals surface area contributed by atoms with E-state index >= 15 is 0 Å². The number of thiol groups is 1. The lowest BCUT2D eigenvalue weighted by Crippen LogP contribution is -2.17. The smallest absolute Gasteiger partial charge is 0.274 e. The number of aromatic hydroxyl groups is 1. The van der Waals surface area contributed by atoms with Crippen molar-refractivity contribution < 1.29 is 9.90 Å². The quantitative estimate of drug-likeness (QED) is 0.596. The number of phenols is 1. The number of hydrogen-bond acceptors (Lipinski definition) is 3. The number of amides is 1. The molecule has 124 valence electrons. The summed E-state index contributed by atoms with van der Waals surface area (Å²) in [5.74, 6) is 0.0938. The van der Waals surface area contributed by atoms with Gasteiger partial charge in [0.25, 0.3) is 5.91 Å². The largest absolute Gasteiger partial charge is 0.507 e. The number of hydrogen-bond donors (Lipinski definition) is 2. The van der Waals surface area contributed by atoms with Crippen molar-refractivity contribution in [2.45, 2.75) is 57.6 Å². The van der Waals surface area contributed by atoms with Gasteiger partial charge >= 0.3 is 0 Å². The highest BCUT2D eigenvalue weighted by Gasteiger charge is 2.27. The number of rotatable bonds is 1. The van der Waals surface area contributed by atoms with E-state index < -0.39 is 0 Å². The Morgan fingerprint density at radius 1 is 1.09 bits per heavy atom. The summed E-state index contributed by atoms with van der Waals surface area (Å²) in [6.45, 7) is 12.4. The lowest BCUT2D eigenvalue weighted by atomic mass is 9.78. The van der Waals surface area contributed by atoms with Crippen LogP contribution in [0.25, 0.3) is 6.08 Å². The van der Waals surface area contributed by atoms with Gasteiger partial charge in [0.2, 0.25) is 0 Å². The Balaban J connectivity index is 2.66. The Kier molecular flexibility index (Phi) is 4.51. The zero-order valence-electron chi connectivity index (χ0n) is 14.6. The minimum atomic E-state index is -0.271. The fraction of sp³-hybridized carbons (Fsp3) is 0.474. The molecule has 0 saturated heterocycles. The van der Waals surface area contributed by atoms with Gasteiger partial charge in [-0.2, -0.15) is 12.6 Å². The highest BCUT2D eigenvalue weighted by molar-refractivity contribution is 7.82. The molecule has 4 heteroatoms. The summed E-state index contributed by atoms with van der Waals surface area (Å²) in [5, 5.41) is 10.5. The van der Waals surface area contributed by atoms with Gasteiger partial charge in [0.1, 0.15) is 5.75 Å². The van der Waals surface area contributed by atoms with Crippen LogP contribution in [0.2, 0.25) is 0 Å². The zero-order chi connectivity index (χ0) is 17.6. The monoisotopic (exact) mass is 331 g/mol. The zero-order valence-corrected chi connectivity index (χ0v) is 15.5. The van der Waals surface area contributed by atoms with Crippen LogP contribution in [0.15, 0.2) is 22.7 Å². The Hall–Kier alpha value is -1.55. The third-order valence-corrected chi connectivity index (χ3v) is 4.38. The fourth-order valence-electron chi connectivity index (χ4n) is 2.63. The summed E-state index contributed by atoms with van der Waals surface area (Å²) in [6.07, 6.45) is 3.38. The number of aliphatic imine (C=N–C) groups is 1. The molecular weight excluding hydrogens is 306 g/mol. The maximum Gasteiger partial charge on any atom is 0.274 e. The molecule has 1 atom stereocenters. The number of carbonyl (C=O) groups is 1. The molecule has 1 N–H and O–H groups in total. The molecule has 0 spiro atoms. The van der Waals surface area contributed by atoms with Gasteiger partial charge in [0.15, 0.2) is 0 Å². The first-order valence-electron chi connectivity index (χ1n) is 7.77. The van der Waals surface area contributed by atoms with Crippen molar-refractivity contribution in [1.29, 1.82) is 0 Å². The van der Waals surface area contributed by atoms with Crippen molar-refractivity contribution in [3.8, 4) is 5.75 Å². The molecular formula is C19H25NO2S. The molecule has 0 fully saturated rings. The molecule has 3 nitrogen and oxygen atoms in total. The van der Waals surface area contributed by atoms with Crippen molar-refractivity contribution in [1.82, 2.24) is 0 Å². The average molecular weight is 331 g/mol. The van der Waals surface area contributed by atoms with E-state index in [0.29, 0.717) is 11.3 Å². The van der Waals surface area contributed by atoms with E-state index in [0.717, 1.165) is 16.7 Å². The summed E-state index contributed by atoms with van der Waals surface area (Å²) >= 11 is 4.38. The van der Waals surface area contributed by atoms with Crippen molar-refractivity contribution in [3.05, 3.63) is 34.4 Å². The Morgan fingerprint density at radius 3 is 1.91 bits per heavy atom. The summed E-state index contributed by atoms with van der Waals surface area (Å²) in [5.41, 5.74) is 2.81. The van der Waals surface area contributed by atoms with Gasteiger partial charge in [-0.25, -0.2) is 4.99 Å². The molecule has 0 aliphatic carbocycles. The molecule has 1 unspecified atom stereocenters. The second kappa shape index (κ2) is 5.82. The first kappa shape index (κ1) is 17.8. The molecule has 1 aromatic carbocycles. The highest BCUT2D eigenvalue weighted by atomic mass is 32.1. The van der Waals surface area contributed by atoms with Gasteiger partial charge in [-0.15, -0.1) is 0 Å². The number of nitrogens with zero attached hydrogens (tertiary/aromatic N) is 1. The average Bonchev–Trinajstić information content (AvgIpc) is 2.69. The van der Waals surface area contributed by atoms with Gasteiger partial charge in [0, 0.05) is 22.9 Å². The summed E-state index contributed by atoms with van der Waals surface area (Å²) in [7, 11) is 0. The minimum absolute atomic E-state index is 0.199. The van der Waals surface area contributed by atoms with Gasteiger partial charge in [-0.05, 0) is 34.6 Å². The molecule has 0 saturated carbocycles. The Bertz CT molecular complexity index is 668. The summed E-state index contributed by atoms with van der Waals surface area (Å²) in [6, 6.07) is 3.90. The Labute approximate surface area is 143 Å². The van der Waals surface area contributed by atoms with Gasteiger partial charge in [-0.3, -0.25) is 4.79 Å². The van der Waals surface area contributed by atoms with Crippen LogP contribution in [0, 0.1) is 0 Å². The number of phenolic OH excluding ortho intramolecular Hbond substituents is 1. The number of benzene rings is 1. The van der Waals surface area contributed by atoms with E-state index in [4.69, 9.17) is 0 Å². The topological polar surface area (TPSA) is 49.7 Å². The summed E-state index contributed by atoms with van der Waals surface area (Å²) < 4.78 is 0. The van der Waals surface area contributed by atoms with Gasteiger partial charge in [-0.1, -0.05) is 41.5 Å². The fourth-order valence-corrected chi connectivity index (χ4v) is 2.88. The first-order valence-corrected chi connectivity index (χ1v) is 8.29.